The lowest BCUT2D eigenvalue weighted by molar-refractivity contribution is -0.130. The van der Waals surface area contributed by atoms with E-state index in [2.05, 4.69) is 14.9 Å². The fourth-order valence-electron chi connectivity index (χ4n) is 3.10. The third-order valence-corrected chi connectivity index (χ3v) is 4.51. The van der Waals surface area contributed by atoms with E-state index in [9.17, 15) is 9.59 Å². The van der Waals surface area contributed by atoms with Crippen molar-refractivity contribution in [3.05, 3.63) is 18.0 Å². The zero-order valence-electron chi connectivity index (χ0n) is 13.6. The molecule has 1 aromatic heterocycles. The Balaban J connectivity index is 1.67. The molecule has 0 bridgehead atoms. The van der Waals surface area contributed by atoms with Crippen molar-refractivity contribution in [3.8, 4) is 0 Å². The van der Waals surface area contributed by atoms with Gasteiger partial charge in [0, 0.05) is 52.4 Å². The predicted molar refractivity (Wildman–Crippen MR) is 86.3 cm³/mol. The molecule has 0 radical (unpaired) electrons. The van der Waals surface area contributed by atoms with Gasteiger partial charge in [0.2, 0.25) is 11.9 Å². The largest absolute Gasteiger partial charge is 0.341 e. The molecule has 0 N–H and O–H groups in total. The number of aromatic nitrogens is 2. The van der Waals surface area contributed by atoms with Gasteiger partial charge in [0.1, 0.15) is 5.69 Å². The summed E-state index contributed by atoms with van der Waals surface area (Å²) in [5, 5.41) is 0. The number of piperazine rings is 1. The minimum absolute atomic E-state index is 0.0616. The van der Waals surface area contributed by atoms with E-state index in [1.165, 1.54) is 6.42 Å². The van der Waals surface area contributed by atoms with Crippen LogP contribution in [-0.2, 0) is 4.79 Å². The molecule has 2 amide bonds. The highest BCUT2D eigenvalue weighted by Gasteiger charge is 2.25. The van der Waals surface area contributed by atoms with Crippen molar-refractivity contribution in [1.29, 1.82) is 0 Å². The Morgan fingerprint density at radius 3 is 2.26 bits per heavy atom. The molecule has 0 spiro atoms. The fraction of sp³-hybridized carbons (Fsp3) is 0.625. The number of amides is 2. The smallest absolute Gasteiger partial charge is 0.272 e. The number of nitrogens with zero attached hydrogens (tertiary/aromatic N) is 5. The van der Waals surface area contributed by atoms with Crippen LogP contribution >= 0.6 is 0 Å². The molecule has 124 valence electrons. The summed E-state index contributed by atoms with van der Waals surface area (Å²) < 4.78 is 0. The van der Waals surface area contributed by atoms with E-state index in [-0.39, 0.29) is 11.8 Å². The fourth-order valence-corrected chi connectivity index (χ4v) is 3.10. The van der Waals surface area contributed by atoms with Crippen LogP contribution in [0.1, 0.15) is 36.7 Å². The first kappa shape index (κ1) is 15.7. The van der Waals surface area contributed by atoms with Crippen LogP contribution in [0.25, 0.3) is 0 Å². The number of hydrogen-bond donors (Lipinski definition) is 0. The van der Waals surface area contributed by atoms with Crippen molar-refractivity contribution < 1.29 is 9.59 Å². The predicted octanol–water partition coefficient (Wildman–Crippen LogP) is 0.771. The second-order valence-electron chi connectivity index (χ2n) is 6.09. The second-order valence-corrected chi connectivity index (χ2v) is 6.09. The van der Waals surface area contributed by atoms with Crippen LogP contribution in [0.4, 0.5) is 5.95 Å². The summed E-state index contributed by atoms with van der Waals surface area (Å²) in [4.78, 5) is 38.5. The van der Waals surface area contributed by atoms with E-state index < -0.39 is 0 Å². The van der Waals surface area contributed by atoms with Gasteiger partial charge in [0.05, 0.1) is 0 Å². The van der Waals surface area contributed by atoms with Gasteiger partial charge in [0.25, 0.3) is 5.91 Å². The average molecular weight is 317 g/mol. The van der Waals surface area contributed by atoms with Crippen molar-refractivity contribution in [2.75, 3.05) is 44.2 Å². The molecule has 2 saturated heterocycles. The van der Waals surface area contributed by atoms with Crippen molar-refractivity contribution in [2.45, 2.75) is 26.2 Å². The van der Waals surface area contributed by atoms with Gasteiger partial charge in [-0.3, -0.25) is 9.59 Å². The van der Waals surface area contributed by atoms with Gasteiger partial charge in [-0.2, -0.15) is 0 Å². The van der Waals surface area contributed by atoms with Crippen LogP contribution in [-0.4, -0.2) is 70.9 Å². The van der Waals surface area contributed by atoms with Gasteiger partial charge < -0.3 is 14.7 Å². The van der Waals surface area contributed by atoms with Crippen LogP contribution in [0.5, 0.6) is 0 Å². The van der Waals surface area contributed by atoms with Crippen molar-refractivity contribution >= 4 is 17.8 Å². The molecular weight excluding hydrogens is 294 g/mol. The molecule has 2 aliphatic heterocycles. The molecule has 2 aliphatic rings. The van der Waals surface area contributed by atoms with Gasteiger partial charge in [-0.1, -0.05) is 0 Å². The first-order chi connectivity index (χ1) is 11.1. The lowest BCUT2D eigenvalue weighted by atomic mass is 10.1. The van der Waals surface area contributed by atoms with E-state index in [1.807, 2.05) is 0 Å². The molecular formula is C16H23N5O2. The number of carbonyl (C=O) groups is 2. The number of carbonyl (C=O) groups excluding carboxylic acids is 2. The van der Waals surface area contributed by atoms with Gasteiger partial charge in [0.15, 0.2) is 0 Å². The quantitative estimate of drug-likeness (QED) is 0.806. The minimum atomic E-state index is -0.0751. The zero-order valence-corrected chi connectivity index (χ0v) is 13.6. The molecule has 0 atom stereocenters. The summed E-state index contributed by atoms with van der Waals surface area (Å²) in [6.07, 6.45) is 5.20. The summed E-state index contributed by atoms with van der Waals surface area (Å²) in [5.74, 6) is 0.637. The van der Waals surface area contributed by atoms with Crippen molar-refractivity contribution in [2.24, 2.45) is 0 Å². The Kier molecular flexibility index (Phi) is 4.73. The first-order valence-electron chi connectivity index (χ1n) is 8.28. The number of anilines is 1. The molecule has 1 aromatic rings. The summed E-state index contributed by atoms with van der Waals surface area (Å²) in [6, 6.07) is 1.67. The summed E-state index contributed by atoms with van der Waals surface area (Å²) in [7, 11) is 0. The molecule has 7 heteroatoms. The highest BCUT2D eigenvalue weighted by atomic mass is 16.2. The van der Waals surface area contributed by atoms with Crippen LogP contribution < -0.4 is 4.90 Å². The second kappa shape index (κ2) is 6.93. The monoisotopic (exact) mass is 317 g/mol. The molecule has 0 unspecified atom stereocenters. The van der Waals surface area contributed by atoms with E-state index in [1.54, 1.807) is 29.0 Å². The number of piperidine rings is 1. The normalized spacial score (nSPS) is 18.9. The van der Waals surface area contributed by atoms with Gasteiger partial charge in [-0.05, 0) is 25.3 Å². The summed E-state index contributed by atoms with van der Waals surface area (Å²) in [5.41, 5.74) is 0.442. The lowest BCUT2D eigenvalue weighted by Gasteiger charge is -2.34. The van der Waals surface area contributed by atoms with Gasteiger partial charge in [-0.25, -0.2) is 9.97 Å². The highest BCUT2D eigenvalue weighted by Crippen LogP contribution is 2.16. The molecule has 2 fully saturated rings. The maximum Gasteiger partial charge on any atom is 0.272 e. The third-order valence-electron chi connectivity index (χ3n) is 4.51. The Hall–Kier alpha value is -2.18. The summed E-state index contributed by atoms with van der Waals surface area (Å²) in [6.45, 7) is 5.76. The maximum atomic E-state index is 12.6. The Morgan fingerprint density at radius 1 is 0.957 bits per heavy atom. The molecule has 0 aliphatic carbocycles. The first-order valence-corrected chi connectivity index (χ1v) is 8.28. The van der Waals surface area contributed by atoms with Crippen LogP contribution in [0.2, 0.25) is 0 Å². The molecule has 23 heavy (non-hydrogen) atoms. The van der Waals surface area contributed by atoms with Gasteiger partial charge >= 0.3 is 0 Å². The summed E-state index contributed by atoms with van der Waals surface area (Å²) >= 11 is 0. The Labute approximate surface area is 136 Å². The van der Waals surface area contributed by atoms with E-state index in [0.717, 1.165) is 25.9 Å². The maximum absolute atomic E-state index is 12.6. The van der Waals surface area contributed by atoms with Crippen LogP contribution in [0.3, 0.4) is 0 Å². The lowest BCUT2D eigenvalue weighted by Crippen LogP contribution is -2.50. The minimum Gasteiger partial charge on any atom is -0.341 e. The van der Waals surface area contributed by atoms with E-state index in [4.69, 9.17) is 0 Å². The topological polar surface area (TPSA) is 69.6 Å². The standard InChI is InChI=1S/C16H23N5O2/c1-13(22)19-9-11-20(12-10-19)15(23)14-5-6-17-16(18-14)21-7-3-2-4-8-21/h5-6H,2-4,7-12H2,1H3. The third kappa shape index (κ3) is 3.60. The number of rotatable bonds is 2. The van der Waals surface area contributed by atoms with Crippen LogP contribution in [0.15, 0.2) is 12.3 Å². The molecule has 3 rings (SSSR count). The van der Waals surface area contributed by atoms with Crippen molar-refractivity contribution in [1.82, 2.24) is 19.8 Å². The number of hydrogen-bond acceptors (Lipinski definition) is 5. The van der Waals surface area contributed by atoms with E-state index in [0.29, 0.717) is 37.8 Å². The van der Waals surface area contributed by atoms with Gasteiger partial charge in [-0.15, -0.1) is 0 Å². The molecule has 0 saturated carbocycles. The Morgan fingerprint density at radius 2 is 1.61 bits per heavy atom. The van der Waals surface area contributed by atoms with Crippen molar-refractivity contribution in [3.63, 3.8) is 0 Å². The van der Waals surface area contributed by atoms with E-state index >= 15 is 0 Å². The molecule has 7 nitrogen and oxygen atoms in total. The zero-order chi connectivity index (χ0) is 16.2. The molecule has 0 aromatic carbocycles. The average Bonchev–Trinajstić information content (AvgIpc) is 2.62. The molecule has 3 heterocycles. The Bertz CT molecular complexity index is 578. The van der Waals surface area contributed by atoms with Crippen LogP contribution in [0, 0.1) is 0 Å². The highest BCUT2D eigenvalue weighted by molar-refractivity contribution is 5.92. The SMILES string of the molecule is CC(=O)N1CCN(C(=O)c2ccnc(N3CCCCC3)n2)CC1.